The van der Waals surface area contributed by atoms with Gasteiger partial charge in [-0.05, 0) is 6.42 Å². The van der Waals surface area contributed by atoms with Gasteiger partial charge in [0, 0.05) is 10.2 Å². The molecule has 40 valence electrons. The normalized spacial score (nSPS) is 43.3. The Balaban J connectivity index is 2.05. The van der Waals surface area contributed by atoms with Crippen LogP contribution in [0.1, 0.15) is 6.42 Å². The summed E-state index contributed by atoms with van der Waals surface area (Å²) in [5.74, 6) is 0. The van der Waals surface area contributed by atoms with Crippen LogP contribution in [0.2, 0.25) is 0 Å². The first kappa shape index (κ1) is 4.33. The lowest BCUT2D eigenvalue weighted by Crippen LogP contribution is -2.31. The minimum Gasteiger partial charge on any atom is -0.380 e. The number of rotatable bonds is 0. The molecule has 1 spiro atoms. The Bertz CT molecular complexity index is 92.7. The Morgan fingerprint density at radius 2 is 2.14 bits per heavy atom. The molecule has 2 heteroatoms. The molecule has 0 aromatic carbocycles. The summed E-state index contributed by atoms with van der Waals surface area (Å²) < 4.78 is 5.04. The monoisotopic (exact) mass is 162 g/mol. The number of alkyl halides is 1. The molecule has 0 radical (unpaired) electrons. The predicted molar refractivity (Wildman–Crippen MR) is 30.6 cm³/mol. The van der Waals surface area contributed by atoms with Crippen molar-refractivity contribution in [3.05, 3.63) is 0 Å². The third kappa shape index (κ3) is 0.417. The van der Waals surface area contributed by atoms with Crippen LogP contribution in [0.5, 0.6) is 0 Å². The van der Waals surface area contributed by atoms with Crippen molar-refractivity contribution in [2.45, 2.75) is 11.2 Å². The van der Waals surface area contributed by atoms with Crippen LogP contribution in [0.25, 0.3) is 0 Å². The van der Waals surface area contributed by atoms with Crippen molar-refractivity contribution in [1.29, 1.82) is 0 Å². The van der Waals surface area contributed by atoms with Crippen molar-refractivity contribution in [2.24, 2.45) is 5.41 Å². The predicted octanol–water partition coefficient (Wildman–Crippen LogP) is 1.17. The van der Waals surface area contributed by atoms with E-state index in [9.17, 15) is 0 Å². The summed E-state index contributed by atoms with van der Waals surface area (Å²) in [6.07, 6.45) is 1.34. The van der Waals surface area contributed by atoms with Crippen LogP contribution in [0.15, 0.2) is 0 Å². The molecule has 2 fully saturated rings. The molecule has 0 aromatic rings. The van der Waals surface area contributed by atoms with Crippen LogP contribution in [0.4, 0.5) is 0 Å². The number of hydrogen-bond donors (Lipinski definition) is 0. The topological polar surface area (TPSA) is 9.23 Å². The molecule has 0 bridgehead atoms. The summed E-state index contributed by atoms with van der Waals surface area (Å²) in [4.78, 5) is 0.786. The van der Waals surface area contributed by atoms with Gasteiger partial charge in [-0.25, -0.2) is 0 Å². The van der Waals surface area contributed by atoms with Gasteiger partial charge in [0.25, 0.3) is 0 Å². The van der Waals surface area contributed by atoms with Crippen LogP contribution in [0.3, 0.4) is 0 Å². The summed E-state index contributed by atoms with van der Waals surface area (Å²) >= 11 is 3.54. The van der Waals surface area contributed by atoms with Crippen LogP contribution in [-0.4, -0.2) is 18.0 Å². The van der Waals surface area contributed by atoms with Gasteiger partial charge in [0.05, 0.1) is 13.2 Å². The minimum absolute atomic E-state index is 0.625. The fraction of sp³-hybridized carbons (Fsp3) is 1.00. The fourth-order valence-corrected chi connectivity index (χ4v) is 1.87. The maximum Gasteiger partial charge on any atom is 0.0556 e. The standard InChI is InChI=1S/C5H7BrO/c6-4-1-5(4)2-7-3-5/h4H,1-3H2. The van der Waals surface area contributed by atoms with Crippen LogP contribution < -0.4 is 0 Å². The van der Waals surface area contributed by atoms with Gasteiger partial charge in [-0.3, -0.25) is 0 Å². The van der Waals surface area contributed by atoms with Gasteiger partial charge < -0.3 is 4.74 Å². The highest BCUT2D eigenvalue weighted by atomic mass is 79.9. The maximum atomic E-state index is 5.04. The molecule has 1 aliphatic carbocycles. The summed E-state index contributed by atoms with van der Waals surface area (Å²) in [5.41, 5.74) is 0.625. The van der Waals surface area contributed by atoms with Gasteiger partial charge in [0.1, 0.15) is 0 Å². The summed E-state index contributed by atoms with van der Waals surface area (Å²) in [6.45, 7) is 2.01. The average Bonchev–Trinajstić information content (AvgIpc) is 2.10. The zero-order chi connectivity index (χ0) is 4.91. The molecule has 1 saturated carbocycles. The van der Waals surface area contributed by atoms with Crippen molar-refractivity contribution < 1.29 is 4.74 Å². The number of ether oxygens (including phenoxy) is 1. The van der Waals surface area contributed by atoms with Crippen LogP contribution in [0, 0.1) is 5.41 Å². The lowest BCUT2D eigenvalue weighted by molar-refractivity contribution is -0.0478. The lowest BCUT2D eigenvalue weighted by Gasteiger charge is -2.25. The first-order valence-corrected chi connectivity index (χ1v) is 3.47. The molecule has 0 aromatic heterocycles. The minimum atomic E-state index is 0.625. The van der Waals surface area contributed by atoms with E-state index in [1.54, 1.807) is 0 Å². The number of hydrogen-bond acceptors (Lipinski definition) is 1. The van der Waals surface area contributed by atoms with E-state index in [1.165, 1.54) is 6.42 Å². The molecular formula is C5H7BrO. The molecule has 1 saturated heterocycles. The smallest absolute Gasteiger partial charge is 0.0556 e. The summed E-state index contributed by atoms with van der Waals surface area (Å²) in [5, 5.41) is 0. The average molecular weight is 163 g/mol. The van der Waals surface area contributed by atoms with Crippen molar-refractivity contribution in [1.82, 2.24) is 0 Å². The highest BCUT2D eigenvalue weighted by Gasteiger charge is 2.58. The molecule has 0 N–H and O–H groups in total. The number of halogens is 1. The quantitative estimate of drug-likeness (QED) is 0.487. The molecule has 7 heavy (non-hydrogen) atoms. The molecule has 1 nitrogen and oxygen atoms in total. The second-order valence-electron chi connectivity index (χ2n) is 2.53. The van der Waals surface area contributed by atoms with E-state index in [4.69, 9.17) is 4.74 Å². The first-order valence-electron chi connectivity index (χ1n) is 2.55. The van der Waals surface area contributed by atoms with E-state index in [0.717, 1.165) is 18.0 Å². The summed E-state index contributed by atoms with van der Waals surface area (Å²) in [7, 11) is 0. The Morgan fingerprint density at radius 3 is 2.14 bits per heavy atom. The van der Waals surface area contributed by atoms with Crippen LogP contribution >= 0.6 is 15.9 Å². The van der Waals surface area contributed by atoms with Gasteiger partial charge in [0.15, 0.2) is 0 Å². The Morgan fingerprint density at radius 1 is 1.57 bits per heavy atom. The SMILES string of the molecule is BrC1CC12COC2. The largest absolute Gasteiger partial charge is 0.380 e. The molecule has 0 amide bonds. The first-order chi connectivity index (χ1) is 3.33. The van der Waals surface area contributed by atoms with E-state index in [0.29, 0.717) is 5.41 Å². The van der Waals surface area contributed by atoms with Gasteiger partial charge in [-0.2, -0.15) is 0 Å². The van der Waals surface area contributed by atoms with Crippen molar-refractivity contribution in [3.63, 3.8) is 0 Å². The maximum absolute atomic E-state index is 5.04. The lowest BCUT2D eigenvalue weighted by atomic mass is 10.1. The van der Waals surface area contributed by atoms with Crippen molar-refractivity contribution in [2.75, 3.05) is 13.2 Å². The summed E-state index contributed by atoms with van der Waals surface area (Å²) in [6, 6.07) is 0. The highest BCUT2D eigenvalue weighted by molar-refractivity contribution is 9.09. The third-order valence-corrected chi connectivity index (χ3v) is 3.16. The fourth-order valence-electron chi connectivity index (χ4n) is 0.961. The third-order valence-electron chi connectivity index (χ3n) is 1.87. The van der Waals surface area contributed by atoms with E-state index < -0.39 is 0 Å². The molecule has 1 atom stereocenters. The zero-order valence-corrected chi connectivity index (χ0v) is 5.57. The molecule has 2 rings (SSSR count). The van der Waals surface area contributed by atoms with Gasteiger partial charge in [-0.15, -0.1) is 0 Å². The van der Waals surface area contributed by atoms with E-state index in [1.807, 2.05) is 0 Å². The molecule has 2 aliphatic rings. The second kappa shape index (κ2) is 1.06. The molecular weight excluding hydrogens is 156 g/mol. The van der Waals surface area contributed by atoms with E-state index in [-0.39, 0.29) is 0 Å². The van der Waals surface area contributed by atoms with Crippen molar-refractivity contribution >= 4 is 15.9 Å². The zero-order valence-electron chi connectivity index (χ0n) is 3.98. The molecule has 1 aliphatic heterocycles. The Hall–Kier alpha value is 0.440. The second-order valence-corrected chi connectivity index (χ2v) is 3.63. The van der Waals surface area contributed by atoms with E-state index >= 15 is 0 Å². The van der Waals surface area contributed by atoms with Crippen molar-refractivity contribution in [3.8, 4) is 0 Å². The molecule has 1 unspecified atom stereocenters. The highest BCUT2D eigenvalue weighted by Crippen LogP contribution is 2.56. The van der Waals surface area contributed by atoms with E-state index in [2.05, 4.69) is 15.9 Å². The van der Waals surface area contributed by atoms with Crippen LogP contribution in [-0.2, 0) is 4.74 Å². The van der Waals surface area contributed by atoms with Gasteiger partial charge in [-0.1, -0.05) is 15.9 Å². The molecule has 1 heterocycles. The van der Waals surface area contributed by atoms with Gasteiger partial charge >= 0.3 is 0 Å². The Labute approximate surface area is 51.2 Å². The van der Waals surface area contributed by atoms with Gasteiger partial charge in [0.2, 0.25) is 0 Å². The Kier molecular flexibility index (Phi) is 0.653.